The number of hydrogen-bond donors (Lipinski definition) is 1. The lowest BCUT2D eigenvalue weighted by Crippen LogP contribution is -2.43. The van der Waals surface area contributed by atoms with Crippen LogP contribution in [0, 0.1) is 18.2 Å². The minimum absolute atomic E-state index is 0.0571. The molecule has 0 aliphatic carbocycles. The molecule has 5 heterocycles. The summed E-state index contributed by atoms with van der Waals surface area (Å²) in [5.74, 6) is -1.43. The molecule has 238 valence electrons. The molecule has 0 unspecified atom stereocenters. The minimum Gasteiger partial charge on any atom is -0.471 e. The Morgan fingerprint density at radius 3 is 2.85 bits per heavy atom. The van der Waals surface area contributed by atoms with E-state index in [2.05, 4.69) is 26.3 Å². The van der Waals surface area contributed by atoms with Crippen molar-refractivity contribution in [1.29, 1.82) is 0 Å². The second-order valence-corrected chi connectivity index (χ2v) is 13.2. The summed E-state index contributed by atoms with van der Waals surface area (Å²) in [7, 11) is 0. The maximum absolute atomic E-state index is 16.7. The molecule has 3 aliphatic heterocycles. The minimum atomic E-state index is -0.954. The third-order valence-corrected chi connectivity index (χ3v) is 10.6. The van der Waals surface area contributed by atoms with Crippen molar-refractivity contribution in [2.24, 2.45) is 0 Å². The number of amides is 1. The average Bonchev–Trinajstić information content (AvgIpc) is 3.78. The lowest BCUT2D eigenvalue weighted by Gasteiger charge is -2.30. The fourth-order valence-corrected chi connectivity index (χ4v) is 8.21. The summed E-state index contributed by atoms with van der Waals surface area (Å²) in [5, 5.41) is 0.642. The first-order valence-electron chi connectivity index (χ1n) is 15.1. The zero-order chi connectivity index (χ0) is 32.3. The highest BCUT2D eigenvalue weighted by Gasteiger charge is 2.49. The Morgan fingerprint density at radius 2 is 2.07 bits per heavy atom. The van der Waals surface area contributed by atoms with Gasteiger partial charge in [-0.25, -0.2) is 18.0 Å². The van der Waals surface area contributed by atoms with Crippen molar-refractivity contribution in [3.05, 3.63) is 60.0 Å². The van der Waals surface area contributed by atoms with Gasteiger partial charge < -0.3 is 20.1 Å². The lowest BCUT2D eigenvalue weighted by atomic mass is 9.95. The second kappa shape index (κ2) is 11.4. The van der Waals surface area contributed by atoms with E-state index in [-0.39, 0.29) is 67.7 Å². The fraction of sp³-hybridized carbons (Fsp3) is 0.394. The van der Waals surface area contributed by atoms with E-state index in [4.69, 9.17) is 21.8 Å². The van der Waals surface area contributed by atoms with Gasteiger partial charge in [0.15, 0.2) is 5.82 Å². The molecule has 0 radical (unpaired) electrons. The summed E-state index contributed by atoms with van der Waals surface area (Å²) in [6, 6.07) is 5.34. The number of hydrogen-bond acceptors (Lipinski definition) is 8. The molecule has 13 heteroatoms. The van der Waals surface area contributed by atoms with Crippen molar-refractivity contribution in [2.45, 2.75) is 56.5 Å². The Kier molecular flexibility index (Phi) is 7.52. The predicted molar refractivity (Wildman–Crippen MR) is 170 cm³/mol. The molecule has 0 spiro atoms. The van der Waals surface area contributed by atoms with Crippen LogP contribution in [-0.2, 0) is 4.79 Å². The number of likely N-dealkylation sites (tertiary alicyclic amines) is 1. The van der Waals surface area contributed by atoms with E-state index in [0.717, 1.165) is 30.7 Å². The van der Waals surface area contributed by atoms with Gasteiger partial charge in [0, 0.05) is 36.9 Å². The summed E-state index contributed by atoms with van der Waals surface area (Å²) < 4.78 is 58.5. The predicted octanol–water partition coefficient (Wildman–Crippen LogP) is 6.43. The van der Waals surface area contributed by atoms with E-state index in [1.165, 1.54) is 24.3 Å². The van der Waals surface area contributed by atoms with Gasteiger partial charge >= 0.3 is 6.01 Å². The Balaban J connectivity index is 1.33. The molecular formula is C33H31F3N6O3S. The van der Waals surface area contributed by atoms with Crippen LogP contribution in [0.15, 0.2) is 36.9 Å². The average molecular weight is 649 g/mol. The molecule has 46 heavy (non-hydrogen) atoms. The van der Waals surface area contributed by atoms with E-state index in [9.17, 15) is 13.6 Å². The van der Waals surface area contributed by atoms with Gasteiger partial charge in [-0.2, -0.15) is 9.97 Å². The van der Waals surface area contributed by atoms with Gasteiger partial charge in [0.1, 0.15) is 30.2 Å². The lowest BCUT2D eigenvalue weighted by molar-refractivity contribution is -0.127. The molecule has 4 aromatic rings. The molecule has 7 rings (SSSR count). The van der Waals surface area contributed by atoms with Gasteiger partial charge in [0.05, 0.1) is 33.2 Å². The van der Waals surface area contributed by atoms with E-state index in [1.807, 2.05) is 6.92 Å². The number of nitrogens with zero attached hydrogens (tertiary/aromatic N) is 5. The maximum Gasteiger partial charge on any atom is 0.320 e. The SMILES string of the molecule is [C-]#[N+]c1c(N)sc2c(F)ccc(-c3ccc4c(O[C@@H]5CCN(C(=O)C=C)[C@@H]5C)nc(OC[C@@]56CCCN5C[C@H](F)C6)nc4c3F)c12. The fourth-order valence-electron chi connectivity index (χ4n) is 7.27. The summed E-state index contributed by atoms with van der Waals surface area (Å²) in [6.45, 7) is 14.8. The Bertz CT molecular complexity index is 1950. The van der Waals surface area contributed by atoms with E-state index in [1.54, 1.807) is 11.0 Å². The quantitative estimate of drug-likeness (QED) is 0.182. The van der Waals surface area contributed by atoms with Crippen LogP contribution in [0.5, 0.6) is 11.9 Å². The van der Waals surface area contributed by atoms with Crippen molar-refractivity contribution in [1.82, 2.24) is 19.8 Å². The van der Waals surface area contributed by atoms with Gasteiger partial charge in [-0.1, -0.05) is 18.7 Å². The number of thiophene rings is 1. The van der Waals surface area contributed by atoms with Crippen LogP contribution in [0.3, 0.4) is 0 Å². The van der Waals surface area contributed by atoms with Crippen molar-refractivity contribution in [2.75, 3.05) is 32.0 Å². The normalized spacial score (nSPS) is 24.4. The molecule has 0 bridgehead atoms. The van der Waals surface area contributed by atoms with E-state index < -0.39 is 29.4 Å². The number of carbonyl (C=O) groups excluding carboxylic acids is 1. The van der Waals surface area contributed by atoms with Gasteiger partial charge in [0.25, 0.3) is 0 Å². The van der Waals surface area contributed by atoms with Gasteiger partial charge in [-0.05, 0) is 50.1 Å². The number of fused-ring (bicyclic) bond motifs is 3. The van der Waals surface area contributed by atoms with Gasteiger partial charge in [-0.15, -0.1) is 11.3 Å². The highest BCUT2D eigenvalue weighted by Crippen LogP contribution is 2.47. The van der Waals surface area contributed by atoms with Crippen LogP contribution in [0.25, 0.3) is 37.0 Å². The molecule has 1 amide bonds. The molecule has 4 atom stereocenters. The van der Waals surface area contributed by atoms with Crippen LogP contribution in [0.4, 0.5) is 23.9 Å². The Labute approximate surface area is 267 Å². The molecule has 2 aromatic carbocycles. The zero-order valence-corrected chi connectivity index (χ0v) is 25.9. The number of halogens is 3. The number of nitrogen functional groups attached to an aromatic ring is 1. The first kappa shape index (κ1) is 30.3. The third-order valence-electron chi connectivity index (χ3n) is 9.58. The van der Waals surface area contributed by atoms with E-state index >= 15 is 4.39 Å². The summed E-state index contributed by atoms with van der Waals surface area (Å²) in [5.41, 5.74) is 5.89. The molecule has 3 saturated heterocycles. The van der Waals surface area contributed by atoms with E-state index in [0.29, 0.717) is 31.5 Å². The summed E-state index contributed by atoms with van der Waals surface area (Å²) in [6.07, 6.45) is 2.40. The highest BCUT2D eigenvalue weighted by atomic mass is 32.1. The number of nitrogens with two attached hydrogens (primary N) is 1. The second-order valence-electron chi connectivity index (χ2n) is 12.1. The maximum atomic E-state index is 16.7. The number of rotatable bonds is 7. The number of aromatic nitrogens is 2. The first-order chi connectivity index (χ1) is 22.1. The third kappa shape index (κ3) is 4.82. The topological polar surface area (TPSA) is 98.2 Å². The molecule has 2 N–H and O–H groups in total. The van der Waals surface area contributed by atoms with Crippen molar-refractivity contribution in [3.63, 3.8) is 0 Å². The Hall–Kier alpha value is -4.41. The number of ether oxygens (including phenoxy) is 2. The summed E-state index contributed by atoms with van der Waals surface area (Å²) in [4.78, 5) is 28.7. The number of carbonyl (C=O) groups is 1. The molecular weight excluding hydrogens is 617 g/mol. The van der Waals surface area contributed by atoms with Crippen LogP contribution in [0.1, 0.15) is 32.6 Å². The first-order valence-corrected chi connectivity index (χ1v) is 16.0. The zero-order valence-electron chi connectivity index (χ0n) is 25.1. The smallest absolute Gasteiger partial charge is 0.320 e. The molecule has 0 saturated carbocycles. The van der Waals surface area contributed by atoms with Crippen LogP contribution in [0.2, 0.25) is 0 Å². The monoisotopic (exact) mass is 648 g/mol. The molecule has 2 aromatic heterocycles. The summed E-state index contributed by atoms with van der Waals surface area (Å²) >= 11 is 0.937. The molecule has 9 nitrogen and oxygen atoms in total. The Morgan fingerprint density at radius 1 is 1.26 bits per heavy atom. The van der Waals surface area contributed by atoms with Crippen LogP contribution in [-0.4, -0.2) is 75.8 Å². The highest BCUT2D eigenvalue weighted by molar-refractivity contribution is 7.23. The molecule has 3 fully saturated rings. The van der Waals surface area contributed by atoms with Gasteiger partial charge in [-0.3, -0.25) is 9.69 Å². The number of benzene rings is 2. The largest absolute Gasteiger partial charge is 0.471 e. The van der Waals surface area contributed by atoms with Crippen LogP contribution >= 0.6 is 11.3 Å². The number of anilines is 1. The van der Waals surface area contributed by atoms with Crippen molar-refractivity contribution in [3.8, 4) is 23.0 Å². The number of alkyl halides is 1. The molecule has 3 aliphatic rings. The van der Waals surface area contributed by atoms with Crippen molar-refractivity contribution >= 4 is 48.9 Å². The standard InChI is InChI=1S/C33H31F3N6O3S/c1-4-24(43)42-13-10-23(17(42)2)45-31-21-7-6-20(19-8-9-22(35)29-25(19)28(38-3)30(37)46-29)26(36)27(21)39-32(40-31)44-16-33-11-5-12-41(33)15-18(34)14-33/h4,6-9,17-18,23H,1,5,10-16,37H2,2H3/t17-,18-,23-,33+/m1/s1. The van der Waals surface area contributed by atoms with Crippen molar-refractivity contribution < 1.29 is 27.4 Å². The van der Waals surface area contributed by atoms with Crippen LogP contribution < -0.4 is 15.2 Å². The van der Waals surface area contributed by atoms with Gasteiger partial charge in [0.2, 0.25) is 17.5 Å².